The molecule has 2 nitrogen and oxygen atoms in total. The molecule has 1 aliphatic heterocycles. The maximum absolute atomic E-state index is 12.7. The minimum absolute atomic E-state index is 0.147. The van der Waals surface area contributed by atoms with Crippen molar-refractivity contribution in [2.75, 3.05) is 6.54 Å². The van der Waals surface area contributed by atoms with E-state index in [1.54, 1.807) is 17.8 Å². The van der Waals surface area contributed by atoms with E-state index in [0.717, 1.165) is 11.2 Å². The third-order valence-electron chi connectivity index (χ3n) is 2.56. The van der Waals surface area contributed by atoms with Crippen LogP contribution in [-0.4, -0.2) is 17.0 Å². The highest BCUT2D eigenvalue weighted by atomic mass is 32.2. The summed E-state index contributed by atoms with van der Waals surface area (Å²) in [6.45, 7) is 2.90. The van der Waals surface area contributed by atoms with E-state index in [2.05, 4.69) is 10.3 Å². The Balaban J connectivity index is 2.06. The van der Waals surface area contributed by atoms with E-state index in [9.17, 15) is 13.2 Å². The predicted molar refractivity (Wildman–Crippen MR) is 67.6 cm³/mol. The van der Waals surface area contributed by atoms with Gasteiger partial charge in [0.25, 0.3) is 0 Å². The summed E-state index contributed by atoms with van der Waals surface area (Å²) in [4.78, 5) is 4.21. The first-order valence-corrected chi connectivity index (χ1v) is 6.45. The van der Waals surface area contributed by atoms with Gasteiger partial charge in [-0.15, -0.1) is 0 Å². The second kappa shape index (κ2) is 5.22. The second-order valence-electron chi connectivity index (χ2n) is 4.08. The Hall–Kier alpha value is -1.17. The fourth-order valence-corrected chi connectivity index (χ4v) is 2.53. The van der Waals surface area contributed by atoms with Crippen LogP contribution in [0.15, 0.2) is 29.3 Å². The van der Waals surface area contributed by atoms with Crippen molar-refractivity contribution < 1.29 is 13.2 Å². The quantitative estimate of drug-likeness (QED) is 0.895. The molecule has 0 saturated heterocycles. The molecule has 1 unspecified atom stereocenters. The van der Waals surface area contributed by atoms with Crippen LogP contribution in [0.4, 0.5) is 13.2 Å². The van der Waals surface area contributed by atoms with Crippen LogP contribution in [0.25, 0.3) is 0 Å². The lowest BCUT2D eigenvalue weighted by molar-refractivity contribution is -0.138. The Kier molecular flexibility index (Phi) is 3.85. The summed E-state index contributed by atoms with van der Waals surface area (Å²) < 4.78 is 38.2. The van der Waals surface area contributed by atoms with Gasteiger partial charge in [-0.05, 0) is 11.6 Å². The van der Waals surface area contributed by atoms with E-state index < -0.39 is 11.7 Å². The summed E-state index contributed by atoms with van der Waals surface area (Å²) in [6, 6.07) is 5.59. The molecular formula is C12H13F3N2S. The number of nitrogens with zero attached hydrogens (tertiary/aromatic N) is 1. The summed E-state index contributed by atoms with van der Waals surface area (Å²) in [5.41, 5.74) is -0.345. The van der Waals surface area contributed by atoms with Crippen molar-refractivity contribution in [1.82, 2.24) is 5.32 Å². The van der Waals surface area contributed by atoms with Crippen molar-refractivity contribution in [1.29, 1.82) is 0 Å². The smallest absolute Gasteiger partial charge is 0.361 e. The Bertz CT molecular complexity index is 457. The largest absolute Gasteiger partial charge is 0.416 e. The van der Waals surface area contributed by atoms with Gasteiger partial charge in [0.1, 0.15) is 0 Å². The molecule has 1 aromatic carbocycles. The summed E-state index contributed by atoms with van der Waals surface area (Å²) in [7, 11) is 0. The molecule has 0 radical (unpaired) electrons. The number of rotatable bonds is 2. The second-order valence-corrected chi connectivity index (χ2v) is 5.51. The van der Waals surface area contributed by atoms with Gasteiger partial charge in [0.2, 0.25) is 0 Å². The Morgan fingerprint density at radius 3 is 2.72 bits per heavy atom. The van der Waals surface area contributed by atoms with Gasteiger partial charge < -0.3 is 5.32 Å². The molecule has 98 valence electrons. The molecule has 6 heteroatoms. The van der Waals surface area contributed by atoms with Crippen LogP contribution in [0.2, 0.25) is 0 Å². The highest BCUT2D eigenvalue weighted by molar-refractivity contribution is 8.14. The number of hydrogen-bond acceptors (Lipinski definition) is 3. The summed E-state index contributed by atoms with van der Waals surface area (Å²) in [5.74, 6) is 0. The third kappa shape index (κ3) is 3.19. The number of thioether (sulfide) groups is 1. The lowest BCUT2D eigenvalue weighted by atomic mass is 10.1. The van der Waals surface area contributed by atoms with Crippen LogP contribution in [0.3, 0.4) is 0 Å². The number of amidine groups is 1. The molecule has 0 fully saturated rings. The lowest BCUT2D eigenvalue weighted by Gasteiger charge is -2.13. The molecule has 0 aliphatic carbocycles. The minimum atomic E-state index is -4.31. The van der Waals surface area contributed by atoms with Crippen molar-refractivity contribution in [3.63, 3.8) is 0 Å². The van der Waals surface area contributed by atoms with E-state index in [1.807, 2.05) is 6.92 Å². The van der Waals surface area contributed by atoms with E-state index in [-0.39, 0.29) is 12.1 Å². The molecule has 0 spiro atoms. The normalized spacial score (nSPS) is 19.8. The van der Waals surface area contributed by atoms with Crippen molar-refractivity contribution in [2.45, 2.75) is 24.9 Å². The van der Waals surface area contributed by atoms with Crippen molar-refractivity contribution >= 4 is 16.9 Å². The van der Waals surface area contributed by atoms with Gasteiger partial charge in [0, 0.05) is 11.8 Å². The molecule has 0 bridgehead atoms. The van der Waals surface area contributed by atoms with Gasteiger partial charge in [-0.1, -0.05) is 36.9 Å². The minimum Gasteiger partial charge on any atom is -0.361 e. The molecule has 1 atom stereocenters. The zero-order chi connectivity index (χ0) is 13.2. The molecule has 18 heavy (non-hydrogen) atoms. The fourth-order valence-electron chi connectivity index (χ4n) is 1.70. The number of nitrogens with one attached hydrogen (secondary N) is 1. The maximum Gasteiger partial charge on any atom is 0.416 e. The Morgan fingerprint density at radius 1 is 1.39 bits per heavy atom. The van der Waals surface area contributed by atoms with Gasteiger partial charge in [0.15, 0.2) is 5.17 Å². The van der Waals surface area contributed by atoms with Crippen molar-refractivity contribution in [2.24, 2.45) is 4.99 Å². The third-order valence-corrected chi connectivity index (χ3v) is 3.61. The SMILES string of the molecule is CC1CN=C(NCc2ccccc2C(F)(F)F)S1. The maximum atomic E-state index is 12.7. The van der Waals surface area contributed by atoms with Gasteiger partial charge in [0.05, 0.1) is 12.1 Å². The van der Waals surface area contributed by atoms with Crippen LogP contribution >= 0.6 is 11.8 Å². The lowest BCUT2D eigenvalue weighted by Crippen LogP contribution is -2.21. The molecule has 1 heterocycles. The molecule has 1 aromatic rings. The fraction of sp³-hybridized carbons (Fsp3) is 0.417. The van der Waals surface area contributed by atoms with E-state index in [0.29, 0.717) is 11.8 Å². The van der Waals surface area contributed by atoms with Gasteiger partial charge in [-0.2, -0.15) is 13.2 Å². The topological polar surface area (TPSA) is 24.4 Å². The van der Waals surface area contributed by atoms with Crippen LogP contribution in [0.5, 0.6) is 0 Å². The first kappa shape index (κ1) is 13.3. The van der Waals surface area contributed by atoms with Crippen LogP contribution in [-0.2, 0) is 12.7 Å². The van der Waals surface area contributed by atoms with Crippen LogP contribution < -0.4 is 5.32 Å². The van der Waals surface area contributed by atoms with Gasteiger partial charge >= 0.3 is 6.18 Å². The number of benzene rings is 1. The number of alkyl halides is 3. The average Bonchev–Trinajstić information content (AvgIpc) is 2.72. The van der Waals surface area contributed by atoms with E-state index in [1.165, 1.54) is 12.1 Å². The first-order chi connectivity index (χ1) is 8.47. The average molecular weight is 274 g/mol. The summed E-state index contributed by atoms with van der Waals surface area (Å²) in [6.07, 6.45) is -4.31. The monoisotopic (exact) mass is 274 g/mol. The Labute approximate surface area is 108 Å². The highest BCUT2D eigenvalue weighted by Crippen LogP contribution is 2.31. The molecule has 1 aliphatic rings. The van der Waals surface area contributed by atoms with Crippen LogP contribution in [0, 0.1) is 0 Å². The zero-order valence-corrected chi connectivity index (χ0v) is 10.6. The van der Waals surface area contributed by atoms with Crippen molar-refractivity contribution in [3.8, 4) is 0 Å². The number of aliphatic imine (C=N–C) groups is 1. The Morgan fingerprint density at radius 2 is 2.11 bits per heavy atom. The number of hydrogen-bond donors (Lipinski definition) is 1. The predicted octanol–water partition coefficient (Wildman–Crippen LogP) is 3.29. The summed E-state index contributed by atoms with van der Waals surface area (Å²) >= 11 is 1.56. The highest BCUT2D eigenvalue weighted by Gasteiger charge is 2.32. The van der Waals surface area contributed by atoms with Gasteiger partial charge in [-0.25, -0.2) is 0 Å². The first-order valence-electron chi connectivity index (χ1n) is 5.57. The van der Waals surface area contributed by atoms with E-state index >= 15 is 0 Å². The molecule has 2 rings (SSSR count). The standard InChI is InChI=1S/C12H13F3N2S/c1-8-6-16-11(18-8)17-7-9-4-2-3-5-10(9)12(13,14)15/h2-5,8H,6-7H2,1H3,(H,16,17). The number of halogens is 3. The van der Waals surface area contributed by atoms with Gasteiger partial charge in [-0.3, -0.25) is 4.99 Å². The summed E-state index contributed by atoms with van der Waals surface area (Å²) in [5, 5.41) is 4.07. The van der Waals surface area contributed by atoms with E-state index in [4.69, 9.17) is 0 Å². The van der Waals surface area contributed by atoms with Crippen molar-refractivity contribution in [3.05, 3.63) is 35.4 Å². The molecule has 0 amide bonds. The van der Waals surface area contributed by atoms with Crippen LogP contribution in [0.1, 0.15) is 18.1 Å². The molecular weight excluding hydrogens is 261 g/mol. The zero-order valence-electron chi connectivity index (χ0n) is 9.79. The molecule has 0 aromatic heterocycles. The molecule has 0 saturated carbocycles. The molecule has 1 N–H and O–H groups in total.